The van der Waals surface area contributed by atoms with Gasteiger partial charge in [0.15, 0.2) is 0 Å². The molecule has 0 amide bonds. The minimum Gasteiger partial charge on any atom is -0.457 e. The summed E-state index contributed by atoms with van der Waals surface area (Å²) in [4.78, 5) is 22.6. The van der Waals surface area contributed by atoms with E-state index in [1.54, 1.807) is 0 Å². The Morgan fingerprint density at radius 3 is 1.35 bits per heavy atom. The number of unbranched alkanes of at least 4 members (excludes halogenated alkanes) is 32. The molecule has 9 heteroatoms. The van der Waals surface area contributed by atoms with Crippen molar-refractivity contribution in [1.29, 1.82) is 0 Å². The zero-order valence-corrected chi connectivity index (χ0v) is 41.8. The first-order valence-corrected chi connectivity index (χ1v) is 28.0. The first-order chi connectivity index (χ1) is 30.4. The number of hydrogen-bond acceptors (Lipinski definition) is 7. The molecule has 0 spiro atoms. The van der Waals surface area contributed by atoms with Gasteiger partial charge in [0.2, 0.25) is 0 Å². The van der Waals surface area contributed by atoms with Crippen molar-refractivity contribution in [3.8, 4) is 0 Å². The molecule has 2 atom stereocenters. The molecular weight excluding hydrogens is 794 g/mol. The topological polar surface area (TPSA) is 117 Å². The van der Waals surface area contributed by atoms with Crippen LogP contribution in [0.15, 0.2) is 36.5 Å². The molecule has 0 aliphatic rings. The molecular formula is C53H102NO7P. The summed E-state index contributed by atoms with van der Waals surface area (Å²) in [6, 6.07) is 0. The van der Waals surface area contributed by atoms with Crippen LogP contribution in [-0.2, 0) is 27.9 Å². The first-order valence-electron chi connectivity index (χ1n) is 26.5. The lowest BCUT2D eigenvalue weighted by molar-refractivity contribution is -0.154. The third-order valence-corrected chi connectivity index (χ3v) is 12.6. The van der Waals surface area contributed by atoms with Gasteiger partial charge in [-0.1, -0.05) is 243 Å². The third kappa shape index (κ3) is 49.7. The molecule has 0 aliphatic carbocycles. The van der Waals surface area contributed by atoms with Crippen molar-refractivity contribution in [2.45, 2.75) is 264 Å². The smallest absolute Gasteiger partial charge is 0.457 e. The second-order valence-corrected chi connectivity index (χ2v) is 19.2. The van der Waals surface area contributed by atoms with Gasteiger partial charge in [0, 0.05) is 19.6 Å². The highest BCUT2D eigenvalue weighted by Crippen LogP contribution is 2.43. The quantitative estimate of drug-likeness (QED) is 0.0268. The summed E-state index contributed by atoms with van der Waals surface area (Å²) in [6.07, 6.45) is 60.5. The predicted molar refractivity (Wildman–Crippen MR) is 266 cm³/mol. The van der Waals surface area contributed by atoms with Crippen molar-refractivity contribution in [2.75, 3.05) is 33.0 Å². The van der Waals surface area contributed by atoms with Crippen molar-refractivity contribution in [3.05, 3.63) is 36.5 Å². The molecule has 0 radical (unpaired) electrons. The van der Waals surface area contributed by atoms with Crippen LogP contribution in [-0.4, -0.2) is 49.9 Å². The Bertz CT molecular complexity index is 1050. The van der Waals surface area contributed by atoms with Gasteiger partial charge in [-0.05, 0) is 44.9 Å². The molecule has 0 fully saturated rings. The molecule has 0 saturated carbocycles. The normalized spacial score (nSPS) is 13.5. The Hall–Kier alpha value is -1.28. The molecule has 3 N–H and O–H groups in total. The van der Waals surface area contributed by atoms with Gasteiger partial charge in [0.25, 0.3) is 0 Å². The molecule has 62 heavy (non-hydrogen) atoms. The number of esters is 1. The van der Waals surface area contributed by atoms with Crippen molar-refractivity contribution >= 4 is 13.8 Å². The maximum atomic E-state index is 12.6. The fourth-order valence-corrected chi connectivity index (χ4v) is 8.49. The van der Waals surface area contributed by atoms with Gasteiger partial charge >= 0.3 is 13.8 Å². The van der Waals surface area contributed by atoms with Gasteiger partial charge in [0.1, 0.15) is 6.10 Å². The van der Waals surface area contributed by atoms with Crippen LogP contribution in [0, 0.1) is 0 Å². The van der Waals surface area contributed by atoms with E-state index in [2.05, 4.69) is 50.3 Å². The highest BCUT2D eigenvalue weighted by atomic mass is 31.2. The van der Waals surface area contributed by atoms with Gasteiger partial charge in [-0.25, -0.2) is 4.57 Å². The van der Waals surface area contributed by atoms with Gasteiger partial charge < -0.3 is 20.1 Å². The van der Waals surface area contributed by atoms with Crippen molar-refractivity contribution in [1.82, 2.24) is 0 Å². The van der Waals surface area contributed by atoms with E-state index in [0.29, 0.717) is 13.0 Å². The number of ether oxygens (including phenoxy) is 2. The summed E-state index contributed by atoms with van der Waals surface area (Å²) in [7, 11) is -4.28. The third-order valence-electron chi connectivity index (χ3n) is 11.6. The first kappa shape index (κ1) is 60.7. The van der Waals surface area contributed by atoms with Gasteiger partial charge in [0.05, 0.1) is 19.8 Å². The number of hydrogen-bond donors (Lipinski definition) is 2. The summed E-state index contributed by atoms with van der Waals surface area (Å²) < 4.78 is 33.6. The lowest BCUT2D eigenvalue weighted by atomic mass is 10.0. The van der Waals surface area contributed by atoms with Crippen LogP contribution in [0.25, 0.3) is 0 Å². The molecule has 8 nitrogen and oxygen atoms in total. The van der Waals surface area contributed by atoms with Gasteiger partial charge in [-0.15, -0.1) is 0 Å². The minimum absolute atomic E-state index is 0.0964. The van der Waals surface area contributed by atoms with E-state index in [9.17, 15) is 14.3 Å². The molecule has 0 aromatic carbocycles. The largest absolute Gasteiger partial charge is 0.472 e. The van der Waals surface area contributed by atoms with E-state index in [4.69, 9.17) is 24.3 Å². The molecule has 2 unspecified atom stereocenters. The van der Waals surface area contributed by atoms with Crippen LogP contribution in [0.3, 0.4) is 0 Å². The van der Waals surface area contributed by atoms with Crippen molar-refractivity contribution < 1.29 is 32.8 Å². The molecule has 0 heterocycles. The maximum absolute atomic E-state index is 12.6. The summed E-state index contributed by atoms with van der Waals surface area (Å²) in [5.74, 6) is -0.336. The number of nitrogens with two attached hydrogens (primary N) is 1. The van der Waals surface area contributed by atoms with Gasteiger partial charge in [-0.3, -0.25) is 13.8 Å². The lowest BCUT2D eigenvalue weighted by Crippen LogP contribution is -2.28. The molecule has 0 bridgehead atoms. The zero-order valence-electron chi connectivity index (χ0n) is 40.9. The predicted octanol–water partition coefficient (Wildman–Crippen LogP) is 16.5. The summed E-state index contributed by atoms with van der Waals surface area (Å²) in [5.41, 5.74) is 5.39. The van der Waals surface area contributed by atoms with Crippen LogP contribution < -0.4 is 5.73 Å². The van der Waals surface area contributed by atoms with E-state index in [1.165, 1.54) is 180 Å². The van der Waals surface area contributed by atoms with E-state index in [1.807, 2.05) is 0 Å². The Labute approximate surface area is 384 Å². The number of allylic oxidation sites excluding steroid dienone is 6. The van der Waals surface area contributed by atoms with Crippen LogP contribution in [0.5, 0.6) is 0 Å². The Morgan fingerprint density at radius 1 is 0.500 bits per heavy atom. The molecule has 366 valence electrons. The maximum Gasteiger partial charge on any atom is 0.472 e. The summed E-state index contributed by atoms with van der Waals surface area (Å²) in [6.45, 7) is 4.85. The standard InChI is InChI=1S/C53H102NO7P/c1-3-5-7-9-11-13-15-17-19-21-22-23-24-25-26-27-28-29-31-33-35-37-39-41-43-45-48-58-50-52(51-60-62(56,57)59-49-47-54)61-53(55)46-44-42-40-38-36-34-32-30-20-18-16-14-12-10-8-6-4-2/h6,8,12,14,18,20,52H,3-5,7,9-11,13,15-17,19,21-51,54H2,1-2H3,(H,56,57)/b8-6-,14-12-,20-18-. The lowest BCUT2D eigenvalue weighted by Gasteiger charge is -2.20. The molecule has 0 aromatic rings. The second kappa shape index (κ2) is 50.7. The molecule has 0 aliphatic heterocycles. The zero-order chi connectivity index (χ0) is 45.1. The van der Waals surface area contributed by atoms with E-state index in [-0.39, 0.29) is 32.3 Å². The highest BCUT2D eigenvalue weighted by Gasteiger charge is 2.25. The fraction of sp³-hybridized carbons (Fsp3) is 0.868. The summed E-state index contributed by atoms with van der Waals surface area (Å²) in [5, 5.41) is 0. The van der Waals surface area contributed by atoms with Crippen LogP contribution >= 0.6 is 7.82 Å². The van der Waals surface area contributed by atoms with Crippen molar-refractivity contribution in [3.63, 3.8) is 0 Å². The van der Waals surface area contributed by atoms with Crippen LogP contribution in [0.4, 0.5) is 0 Å². The monoisotopic (exact) mass is 896 g/mol. The highest BCUT2D eigenvalue weighted by molar-refractivity contribution is 7.47. The van der Waals surface area contributed by atoms with E-state index in [0.717, 1.165) is 57.8 Å². The summed E-state index contributed by atoms with van der Waals surface area (Å²) >= 11 is 0. The van der Waals surface area contributed by atoms with Crippen LogP contribution in [0.2, 0.25) is 0 Å². The average Bonchev–Trinajstić information content (AvgIpc) is 3.26. The fourth-order valence-electron chi connectivity index (χ4n) is 7.72. The molecule has 0 saturated heterocycles. The average molecular weight is 896 g/mol. The van der Waals surface area contributed by atoms with E-state index >= 15 is 0 Å². The number of rotatable bonds is 51. The SMILES string of the molecule is CC/C=C\C/C=C\C/C=C\CCCCCCCCCC(=O)OC(COCCCCCCCCCCCCCCCCCCCCCCCCCCCC)COP(=O)(O)OCCN. The number of carbonyl (C=O) groups is 1. The Kier molecular flexibility index (Phi) is 49.7. The second-order valence-electron chi connectivity index (χ2n) is 17.7. The Morgan fingerprint density at radius 2 is 0.903 bits per heavy atom. The Balaban J connectivity index is 3.85. The number of carbonyl (C=O) groups excluding carboxylic acids is 1. The van der Waals surface area contributed by atoms with Crippen LogP contribution in [0.1, 0.15) is 258 Å². The van der Waals surface area contributed by atoms with E-state index < -0.39 is 13.9 Å². The molecule has 0 aromatic heterocycles. The van der Waals surface area contributed by atoms with Gasteiger partial charge in [-0.2, -0.15) is 0 Å². The minimum atomic E-state index is -4.28. The molecule has 0 rings (SSSR count). The number of phosphoric ester groups is 1. The van der Waals surface area contributed by atoms with Crippen molar-refractivity contribution in [2.24, 2.45) is 5.73 Å². The number of phosphoric acid groups is 1.